The lowest BCUT2D eigenvalue weighted by atomic mass is 10.00. The number of nitrogens with zero attached hydrogens (tertiary/aromatic N) is 1. The van der Waals surface area contributed by atoms with E-state index in [0.717, 1.165) is 0 Å². The molecule has 0 aromatic heterocycles. The van der Waals surface area contributed by atoms with E-state index >= 15 is 0 Å². The standard InChI is InChI=1S/C11H19NO10S2/c1-2-3-4-7(12-22-24(17,18)19)23-21-11-10(16)9(15)8(14)6(5-13)20-11/h2,6,8-11,13-16H,1,3-5H2,(H,17,18,19)/b12-7+/t6-,8-,9+,10-,11+/m1/s1. The summed E-state index contributed by atoms with van der Waals surface area (Å²) in [6.07, 6.45) is -5.35. The molecule has 13 heteroatoms. The molecular weight excluding hydrogens is 370 g/mol. The minimum Gasteiger partial charge on any atom is -0.394 e. The van der Waals surface area contributed by atoms with Gasteiger partial charge in [0.1, 0.15) is 29.5 Å². The summed E-state index contributed by atoms with van der Waals surface area (Å²) in [4.78, 5) is 0. The van der Waals surface area contributed by atoms with Gasteiger partial charge in [0.25, 0.3) is 0 Å². The maximum atomic E-state index is 10.5. The van der Waals surface area contributed by atoms with Gasteiger partial charge in [-0.05, 0) is 6.42 Å². The van der Waals surface area contributed by atoms with Gasteiger partial charge >= 0.3 is 10.4 Å². The molecule has 1 rings (SSSR count). The second-order valence-electron chi connectivity index (χ2n) is 4.69. The Morgan fingerprint density at radius 1 is 1.29 bits per heavy atom. The van der Waals surface area contributed by atoms with Crippen LogP contribution >= 0.6 is 12.0 Å². The fraction of sp³-hybridized carbons (Fsp3) is 0.727. The summed E-state index contributed by atoms with van der Waals surface area (Å²) in [5.74, 6) is 0. The maximum absolute atomic E-state index is 10.5. The van der Waals surface area contributed by atoms with Crippen LogP contribution in [0.15, 0.2) is 17.8 Å². The van der Waals surface area contributed by atoms with Crippen LogP contribution in [-0.2, 0) is 23.6 Å². The quantitative estimate of drug-likeness (QED) is 0.0820. The van der Waals surface area contributed by atoms with Crippen molar-refractivity contribution >= 4 is 27.5 Å². The van der Waals surface area contributed by atoms with Gasteiger partial charge in [-0.25, -0.2) is 4.28 Å². The first-order chi connectivity index (χ1) is 11.2. The highest BCUT2D eigenvalue weighted by molar-refractivity contribution is 8.09. The molecule has 5 N–H and O–H groups in total. The maximum Gasteiger partial charge on any atom is 0.466 e. The van der Waals surface area contributed by atoms with Crippen molar-refractivity contribution in [2.45, 2.75) is 43.5 Å². The smallest absolute Gasteiger partial charge is 0.394 e. The van der Waals surface area contributed by atoms with Crippen molar-refractivity contribution < 1.29 is 46.6 Å². The van der Waals surface area contributed by atoms with E-state index in [1.54, 1.807) is 0 Å². The van der Waals surface area contributed by atoms with E-state index in [-0.39, 0.29) is 11.5 Å². The summed E-state index contributed by atoms with van der Waals surface area (Å²) in [5.41, 5.74) is 0. The van der Waals surface area contributed by atoms with Crippen LogP contribution in [0.25, 0.3) is 0 Å². The van der Waals surface area contributed by atoms with Crippen LogP contribution in [0.4, 0.5) is 0 Å². The zero-order valence-electron chi connectivity index (χ0n) is 12.3. The molecule has 24 heavy (non-hydrogen) atoms. The van der Waals surface area contributed by atoms with E-state index in [1.165, 1.54) is 6.08 Å². The Bertz CT molecular complexity index is 537. The van der Waals surface area contributed by atoms with Crippen molar-refractivity contribution in [2.75, 3.05) is 6.61 Å². The molecule has 0 unspecified atom stereocenters. The minimum absolute atomic E-state index is 0.0375. The third kappa shape index (κ3) is 6.62. The zero-order valence-corrected chi connectivity index (χ0v) is 14.0. The molecule has 0 aromatic rings. The van der Waals surface area contributed by atoms with Crippen LogP contribution < -0.4 is 0 Å². The van der Waals surface area contributed by atoms with E-state index in [0.29, 0.717) is 18.5 Å². The number of rotatable bonds is 8. The number of aliphatic hydroxyl groups excluding tert-OH is 4. The Morgan fingerprint density at radius 3 is 2.50 bits per heavy atom. The molecule has 0 saturated carbocycles. The second-order valence-corrected chi connectivity index (χ2v) is 6.53. The van der Waals surface area contributed by atoms with Gasteiger partial charge in [-0.3, -0.25) is 8.74 Å². The third-order valence-electron chi connectivity index (χ3n) is 2.88. The topological polar surface area (TPSA) is 175 Å². The molecule has 0 aromatic carbocycles. The van der Waals surface area contributed by atoms with Crippen molar-refractivity contribution in [3.8, 4) is 0 Å². The van der Waals surface area contributed by atoms with E-state index in [1.807, 2.05) is 0 Å². The predicted molar refractivity (Wildman–Crippen MR) is 81.9 cm³/mol. The van der Waals surface area contributed by atoms with Crippen LogP contribution in [0, 0.1) is 0 Å². The van der Waals surface area contributed by atoms with E-state index in [9.17, 15) is 23.7 Å². The number of hydrogen-bond acceptors (Lipinski definition) is 11. The van der Waals surface area contributed by atoms with Gasteiger partial charge in [0, 0.05) is 6.42 Å². The first kappa shape index (κ1) is 21.3. The van der Waals surface area contributed by atoms with Crippen LogP contribution in [0.1, 0.15) is 12.8 Å². The van der Waals surface area contributed by atoms with Gasteiger partial charge in [0.2, 0.25) is 0 Å². The average molecular weight is 389 g/mol. The predicted octanol–water partition coefficient (Wildman–Crippen LogP) is -1.45. The van der Waals surface area contributed by atoms with Gasteiger partial charge in [0.05, 0.1) is 18.6 Å². The molecule has 1 fully saturated rings. The molecular formula is C11H19NO10S2. The lowest BCUT2D eigenvalue weighted by Gasteiger charge is -2.39. The van der Waals surface area contributed by atoms with Crippen molar-refractivity contribution in [3.63, 3.8) is 0 Å². The summed E-state index contributed by atoms with van der Waals surface area (Å²) >= 11 is 0.471. The summed E-state index contributed by atoms with van der Waals surface area (Å²) < 4.78 is 43.7. The highest BCUT2D eigenvalue weighted by atomic mass is 32.3. The molecule has 0 aliphatic carbocycles. The molecule has 1 aliphatic rings. The fourth-order valence-electron chi connectivity index (χ4n) is 1.67. The molecule has 0 radical (unpaired) electrons. The van der Waals surface area contributed by atoms with Gasteiger partial charge in [-0.2, -0.15) is 8.42 Å². The Morgan fingerprint density at radius 2 is 1.96 bits per heavy atom. The normalized spacial score (nSPS) is 31.7. The largest absolute Gasteiger partial charge is 0.466 e. The van der Waals surface area contributed by atoms with E-state index < -0.39 is 47.7 Å². The van der Waals surface area contributed by atoms with Crippen molar-refractivity contribution in [1.82, 2.24) is 0 Å². The van der Waals surface area contributed by atoms with Gasteiger partial charge in [0.15, 0.2) is 6.29 Å². The molecule has 0 bridgehead atoms. The number of oxime groups is 1. The summed E-state index contributed by atoms with van der Waals surface area (Å²) in [5, 5.41) is 41.3. The van der Waals surface area contributed by atoms with Crippen LogP contribution in [0.5, 0.6) is 0 Å². The monoisotopic (exact) mass is 389 g/mol. The third-order valence-corrected chi connectivity index (χ3v) is 3.90. The molecule has 1 heterocycles. The Balaban J connectivity index is 2.71. The molecule has 0 spiro atoms. The number of aliphatic hydroxyl groups is 4. The fourth-order valence-corrected chi connectivity index (χ4v) is 2.53. The van der Waals surface area contributed by atoms with Crippen molar-refractivity contribution in [2.24, 2.45) is 5.16 Å². The highest BCUT2D eigenvalue weighted by Crippen LogP contribution is 2.26. The summed E-state index contributed by atoms with van der Waals surface area (Å²) in [6, 6.07) is 0. The van der Waals surface area contributed by atoms with Crippen LogP contribution in [0.2, 0.25) is 0 Å². The first-order valence-electron chi connectivity index (χ1n) is 6.67. The average Bonchev–Trinajstić information content (AvgIpc) is 2.52. The summed E-state index contributed by atoms with van der Waals surface area (Å²) in [6.45, 7) is 2.85. The summed E-state index contributed by atoms with van der Waals surface area (Å²) in [7, 11) is -4.80. The van der Waals surface area contributed by atoms with Crippen LogP contribution in [-0.4, -0.2) is 75.8 Å². The van der Waals surface area contributed by atoms with E-state index in [2.05, 4.69) is 16.0 Å². The van der Waals surface area contributed by atoms with Gasteiger partial charge in [-0.1, -0.05) is 11.2 Å². The lowest BCUT2D eigenvalue weighted by molar-refractivity contribution is -0.274. The lowest BCUT2D eigenvalue weighted by Crippen LogP contribution is -2.58. The van der Waals surface area contributed by atoms with Gasteiger partial charge < -0.3 is 25.2 Å². The van der Waals surface area contributed by atoms with Crippen molar-refractivity contribution in [3.05, 3.63) is 12.7 Å². The van der Waals surface area contributed by atoms with Gasteiger partial charge in [-0.15, -0.1) is 6.58 Å². The Kier molecular flexibility index (Phi) is 8.55. The number of ether oxygens (including phenoxy) is 1. The highest BCUT2D eigenvalue weighted by Gasteiger charge is 2.44. The molecule has 11 nitrogen and oxygen atoms in total. The zero-order chi connectivity index (χ0) is 18.3. The van der Waals surface area contributed by atoms with Crippen molar-refractivity contribution in [1.29, 1.82) is 0 Å². The number of allylic oxidation sites excluding steroid dienone is 1. The second kappa shape index (κ2) is 9.65. The minimum atomic E-state index is -4.80. The Labute approximate surface area is 142 Å². The Hall–Kier alpha value is -0.770. The van der Waals surface area contributed by atoms with Crippen LogP contribution in [0.3, 0.4) is 0 Å². The van der Waals surface area contributed by atoms with E-state index in [4.69, 9.17) is 18.6 Å². The first-order valence-corrected chi connectivity index (χ1v) is 8.78. The molecule has 5 atom stereocenters. The molecule has 140 valence electrons. The molecule has 0 amide bonds. The SMILES string of the molecule is C=CCC/C(=N\OS(=O)(=O)O)SO[C@@H]1O[C@H](CO)[C@@H](O)[C@H](O)[C@H]1O. The number of hydrogen-bond donors (Lipinski definition) is 5. The molecule has 1 aliphatic heterocycles. The molecule has 1 saturated heterocycles.